The molecule has 0 unspecified atom stereocenters. The molecule has 0 atom stereocenters. The molecule has 0 radical (unpaired) electrons. The number of carbonyl (C=O) groups is 1. The van der Waals surface area contributed by atoms with E-state index in [-0.39, 0.29) is 17.9 Å². The number of rotatable bonds is 5. The summed E-state index contributed by atoms with van der Waals surface area (Å²) in [6.45, 7) is 0.172. The lowest BCUT2D eigenvalue weighted by Gasteiger charge is -2.10. The van der Waals surface area contributed by atoms with E-state index in [2.05, 4.69) is 0 Å². The van der Waals surface area contributed by atoms with E-state index in [1.165, 1.54) is 0 Å². The van der Waals surface area contributed by atoms with Gasteiger partial charge in [-0.2, -0.15) is 0 Å². The summed E-state index contributed by atoms with van der Waals surface area (Å²) in [5, 5.41) is 9.17. The Morgan fingerprint density at radius 1 is 1.25 bits per heavy atom. The Labute approximate surface area is 121 Å². The Morgan fingerprint density at radius 3 is 2.55 bits per heavy atom. The maximum absolute atomic E-state index is 11.2. The van der Waals surface area contributed by atoms with E-state index in [9.17, 15) is 9.90 Å². The van der Waals surface area contributed by atoms with Crippen LogP contribution in [0.15, 0.2) is 47.4 Å². The van der Waals surface area contributed by atoms with Gasteiger partial charge in [-0.25, -0.2) is 4.79 Å². The number of hydrogen-bond donors (Lipinski definition) is 2. The standard InChI is InChI=1S/C15H15NO3S/c1-20-12-7-5-11(6-8-12)19-9-10-3-2-4-13(16)14(10)15(17)18/h2-8H,9,16H2,1H3,(H,17,18). The van der Waals surface area contributed by atoms with Crippen LogP contribution in [0.1, 0.15) is 15.9 Å². The number of nitrogens with two attached hydrogens (primary N) is 1. The van der Waals surface area contributed by atoms with Gasteiger partial charge in [0.2, 0.25) is 0 Å². The SMILES string of the molecule is CSc1ccc(OCc2cccc(N)c2C(=O)O)cc1. The van der Waals surface area contributed by atoms with Crippen LogP contribution in [0, 0.1) is 0 Å². The van der Waals surface area contributed by atoms with E-state index in [0.717, 1.165) is 4.90 Å². The molecule has 2 aromatic rings. The van der Waals surface area contributed by atoms with Gasteiger partial charge in [0.05, 0.1) is 5.56 Å². The van der Waals surface area contributed by atoms with Crippen molar-refractivity contribution in [1.82, 2.24) is 0 Å². The molecule has 0 aliphatic carbocycles. The van der Waals surface area contributed by atoms with E-state index >= 15 is 0 Å². The molecule has 4 nitrogen and oxygen atoms in total. The zero-order valence-corrected chi connectivity index (χ0v) is 11.8. The zero-order chi connectivity index (χ0) is 14.5. The third kappa shape index (κ3) is 3.24. The maximum Gasteiger partial charge on any atom is 0.338 e. The summed E-state index contributed by atoms with van der Waals surface area (Å²) in [6, 6.07) is 12.6. The van der Waals surface area contributed by atoms with Crippen molar-refractivity contribution in [3.8, 4) is 5.75 Å². The number of carboxylic acids is 1. The molecular weight excluding hydrogens is 274 g/mol. The van der Waals surface area contributed by atoms with Crippen molar-refractivity contribution in [2.75, 3.05) is 12.0 Å². The molecule has 0 fully saturated rings. The van der Waals surface area contributed by atoms with Crippen LogP contribution in [0.5, 0.6) is 5.75 Å². The predicted molar refractivity (Wildman–Crippen MR) is 80.4 cm³/mol. The molecule has 3 N–H and O–H groups in total. The largest absolute Gasteiger partial charge is 0.489 e. The highest BCUT2D eigenvalue weighted by Gasteiger charge is 2.13. The molecular formula is C15H15NO3S. The van der Waals surface area contributed by atoms with Crippen LogP contribution in [-0.4, -0.2) is 17.3 Å². The fraction of sp³-hybridized carbons (Fsp3) is 0.133. The summed E-state index contributed by atoms with van der Waals surface area (Å²) in [5.41, 5.74) is 6.60. The molecule has 20 heavy (non-hydrogen) atoms. The summed E-state index contributed by atoms with van der Waals surface area (Å²) in [7, 11) is 0. The van der Waals surface area contributed by atoms with Crippen LogP contribution in [-0.2, 0) is 6.61 Å². The van der Waals surface area contributed by atoms with Crippen molar-refractivity contribution >= 4 is 23.4 Å². The van der Waals surface area contributed by atoms with Crippen molar-refractivity contribution < 1.29 is 14.6 Å². The van der Waals surface area contributed by atoms with Gasteiger partial charge in [0.1, 0.15) is 12.4 Å². The van der Waals surface area contributed by atoms with Crippen LogP contribution in [0.4, 0.5) is 5.69 Å². The highest BCUT2D eigenvalue weighted by molar-refractivity contribution is 7.98. The fourth-order valence-corrected chi connectivity index (χ4v) is 2.24. The second kappa shape index (κ2) is 6.34. The first-order valence-electron chi connectivity index (χ1n) is 5.99. The van der Waals surface area contributed by atoms with E-state index in [4.69, 9.17) is 10.5 Å². The number of anilines is 1. The minimum Gasteiger partial charge on any atom is -0.489 e. The minimum atomic E-state index is -1.04. The molecule has 104 valence electrons. The first kappa shape index (κ1) is 14.3. The van der Waals surface area contributed by atoms with Crippen molar-refractivity contribution in [3.63, 3.8) is 0 Å². The monoisotopic (exact) mass is 289 g/mol. The molecule has 2 aromatic carbocycles. The van der Waals surface area contributed by atoms with Gasteiger partial charge in [-0.3, -0.25) is 0 Å². The van der Waals surface area contributed by atoms with Crippen molar-refractivity contribution in [2.24, 2.45) is 0 Å². The third-order valence-electron chi connectivity index (χ3n) is 2.85. The van der Waals surface area contributed by atoms with E-state index in [0.29, 0.717) is 11.3 Å². The minimum absolute atomic E-state index is 0.105. The van der Waals surface area contributed by atoms with Gasteiger partial charge >= 0.3 is 5.97 Å². The topological polar surface area (TPSA) is 72.5 Å². The van der Waals surface area contributed by atoms with E-state index in [1.54, 1.807) is 30.0 Å². The molecule has 5 heteroatoms. The molecule has 0 amide bonds. The molecule has 0 aliphatic rings. The molecule has 0 aliphatic heterocycles. The van der Waals surface area contributed by atoms with Gasteiger partial charge in [-0.05, 0) is 36.6 Å². The Morgan fingerprint density at radius 2 is 1.95 bits per heavy atom. The summed E-state index contributed by atoms with van der Waals surface area (Å²) in [4.78, 5) is 12.3. The Balaban J connectivity index is 2.14. The van der Waals surface area contributed by atoms with Gasteiger partial charge in [-0.1, -0.05) is 12.1 Å². The lowest BCUT2D eigenvalue weighted by atomic mass is 10.1. The number of benzene rings is 2. The van der Waals surface area contributed by atoms with Crippen LogP contribution >= 0.6 is 11.8 Å². The van der Waals surface area contributed by atoms with Crippen LogP contribution in [0.25, 0.3) is 0 Å². The van der Waals surface area contributed by atoms with Crippen LogP contribution in [0.3, 0.4) is 0 Å². The van der Waals surface area contributed by atoms with Crippen LogP contribution < -0.4 is 10.5 Å². The first-order chi connectivity index (χ1) is 9.61. The van der Waals surface area contributed by atoms with Gasteiger partial charge < -0.3 is 15.6 Å². The van der Waals surface area contributed by atoms with Gasteiger partial charge in [0, 0.05) is 16.1 Å². The predicted octanol–water partition coefficient (Wildman–Crippen LogP) is 3.27. The summed E-state index contributed by atoms with van der Waals surface area (Å²) >= 11 is 1.65. The fourth-order valence-electron chi connectivity index (χ4n) is 1.83. The normalized spacial score (nSPS) is 10.2. The highest BCUT2D eigenvalue weighted by Crippen LogP contribution is 2.22. The molecule has 0 saturated carbocycles. The smallest absolute Gasteiger partial charge is 0.338 e. The quantitative estimate of drug-likeness (QED) is 0.653. The number of aromatic carboxylic acids is 1. The molecule has 0 heterocycles. The molecule has 0 spiro atoms. The molecule has 2 rings (SSSR count). The lowest BCUT2D eigenvalue weighted by Crippen LogP contribution is -2.09. The highest BCUT2D eigenvalue weighted by atomic mass is 32.2. The van der Waals surface area contributed by atoms with Crippen molar-refractivity contribution in [3.05, 3.63) is 53.6 Å². The average molecular weight is 289 g/mol. The maximum atomic E-state index is 11.2. The second-order valence-electron chi connectivity index (χ2n) is 4.15. The van der Waals surface area contributed by atoms with E-state index < -0.39 is 5.97 Å². The van der Waals surface area contributed by atoms with Crippen LogP contribution in [0.2, 0.25) is 0 Å². The average Bonchev–Trinajstić information content (AvgIpc) is 2.45. The third-order valence-corrected chi connectivity index (χ3v) is 3.59. The number of ether oxygens (including phenoxy) is 1. The number of thioether (sulfide) groups is 1. The summed E-state index contributed by atoms with van der Waals surface area (Å²) in [6.07, 6.45) is 2.00. The van der Waals surface area contributed by atoms with Gasteiger partial charge in [0.25, 0.3) is 0 Å². The van der Waals surface area contributed by atoms with Gasteiger partial charge in [0.15, 0.2) is 0 Å². The summed E-state index contributed by atoms with van der Waals surface area (Å²) in [5.74, 6) is -0.346. The van der Waals surface area contributed by atoms with E-state index in [1.807, 2.05) is 30.5 Å². The second-order valence-corrected chi connectivity index (χ2v) is 5.03. The zero-order valence-electron chi connectivity index (χ0n) is 11.0. The summed E-state index contributed by atoms with van der Waals surface area (Å²) < 4.78 is 5.61. The Hall–Kier alpha value is -2.14. The van der Waals surface area contributed by atoms with Gasteiger partial charge in [-0.15, -0.1) is 11.8 Å². The molecule has 0 saturated heterocycles. The van der Waals surface area contributed by atoms with Crippen molar-refractivity contribution in [1.29, 1.82) is 0 Å². The number of carboxylic acid groups (broad SMARTS) is 1. The van der Waals surface area contributed by atoms with Crippen molar-refractivity contribution in [2.45, 2.75) is 11.5 Å². The molecule has 0 bridgehead atoms. The molecule has 0 aromatic heterocycles. The lowest BCUT2D eigenvalue weighted by molar-refractivity contribution is 0.0695. The first-order valence-corrected chi connectivity index (χ1v) is 7.22. The Kier molecular flexibility index (Phi) is 4.53. The number of hydrogen-bond acceptors (Lipinski definition) is 4. The number of nitrogen functional groups attached to an aromatic ring is 1. The Bertz CT molecular complexity index is 611.